The Labute approximate surface area is 120 Å². The maximum Gasteiger partial charge on any atom is 0.238 e. The van der Waals surface area contributed by atoms with E-state index in [1.165, 1.54) is 18.2 Å². The predicted octanol–water partition coefficient (Wildman–Crippen LogP) is 1.81. The molecule has 0 radical (unpaired) electrons. The topological polar surface area (TPSA) is 98.2 Å². The van der Waals surface area contributed by atoms with Crippen molar-refractivity contribution in [2.75, 3.05) is 11.1 Å². The minimum atomic E-state index is -3.84. The number of halogens is 2. The molecule has 0 aromatic heterocycles. The molecular formula is C13H13F2N3O2S. The van der Waals surface area contributed by atoms with Crippen molar-refractivity contribution in [1.29, 1.82) is 0 Å². The zero-order valence-corrected chi connectivity index (χ0v) is 11.6. The SMILES string of the molecule is Nc1cc(S(N)(=O)=O)ccc1NCc1cc(F)ccc1F. The maximum absolute atomic E-state index is 13.5. The minimum Gasteiger partial charge on any atom is -0.397 e. The fourth-order valence-corrected chi connectivity index (χ4v) is 2.30. The molecule has 8 heteroatoms. The summed E-state index contributed by atoms with van der Waals surface area (Å²) in [6.45, 7) is 0.00250. The molecule has 0 bridgehead atoms. The number of sulfonamides is 1. The van der Waals surface area contributed by atoms with E-state index in [1.54, 1.807) is 0 Å². The molecule has 2 aromatic rings. The normalized spacial score (nSPS) is 11.4. The second kappa shape index (κ2) is 5.66. The lowest BCUT2D eigenvalue weighted by atomic mass is 10.2. The van der Waals surface area contributed by atoms with Gasteiger partial charge in [0.25, 0.3) is 0 Å². The third-order valence-corrected chi connectivity index (χ3v) is 3.74. The van der Waals surface area contributed by atoms with E-state index < -0.39 is 21.7 Å². The molecule has 0 atom stereocenters. The third-order valence-electron chi connectivity index (χ3n) is 2.83. The molecule has 0 aliphatic rings. The molecule has 0 unspecified atom stereocenters. The zero-order chi connectivity index (χ0) is 15.6. The first-order chi connectivity index (χ1) is 9.77. The van der Waals surface area contributed by atoms with Crippen LogP contribution in [-0.2, 0) is 16.6 Å². The summed E-state index contributed by atoms with van der Waals surface area (Å²) >= 11 is 0. The van der Waals surface area contributed by atoms with Crippen molar-refractivity contribution in [3.8, 4) is 0 Å². The molecule has 0 saturated carbocycles. The van der Waals surface area contributed by atoms with Crippen LogP contribution in [0.15, 0.2) is 41.3 Å². The molecule has 0 aliphatic heterocycles. The van der Waals surface area contributed by atoms with Crippen molar-refractivity contribution in [2.24, 2.45) is 5.14 Å². The average molecular weight is 313 g/mol. The van der Waals surface area contributed by atoms with Gasteiger partial charge in [0.15, 0.2) is 0 Å². The number of nitrogens with one attached hydrogen (secondary N) is 1. The van der Waals surface area contributed by atoms with Crippen LogP contribution >= 0.6 is 0 Å². The molecule has 0 saturated heterocycles. The third kappa shape index (κ3) is 3.67. The molecule has 0 fully saturated rings. The fourth-order valence-electron chi connectivity index (χ4n) is 1.75. The number of hydrogen-bond acceptors (Lipinski definition) is 4. The van der Waals surface area contributed by atoms with Crippen LogP contribution < -0.4 is 16.2 Å². The summed E-state index contributed by atoms with van der Waals surface area (Å²) in [6.07, 6.45) is 0. The van der Waals surface area contributed by atoms with Crippen LogP contribution in [0, 0.1) is 11.6 Å². The van der Waals surface area contributed by atoms with Crippen molar-refractivity contribution in [3.05, 3.63) is 53.6 Å². The average Bonchev–Trinajstić information content (AvgIpc) is 2.40. The lowest BCUT2D eigenvalue weighted by molar-refractivity contribution is 0.587. The number of nitrogens with two attached hydrogens (primary N) is 2. The summed E-state index contributed by atoms with van der Waals surface area (Å²) in [5.41, 5.74) is 6.36. The molecule has 0 spiro atoms. The van der Waals surface area contributed by atoms with Crippen molar-refractivity contribution in [3.63, 3.8) is 0 Å². The van der Waals surface area contributed by atoms with Crippen LogP contribution in [0.4, 0.5) is 20.2 Å². The summed E-state index contributed by atoms with van der Waals surface area (Å²) in [5.74, 6) is -1.10. The van der Waals surface area contributed by atoms with Crippen LogP contribution in [0.5, 0.6) is 0 Å². The summed E-state index contributed by atoms with van der Waals surface area (Å²) in [5, 5.41) is 7.79. The summed E-state index contributed by atoms with van der Waals surface area (Å²) in [4.78, 5) is -0.123. The van der Waals surface area contributed by atoms with E-state index in [0.29, 0.717) is 5.69 Å². The van der Waals surface area contributed by atoms with E-state index in [9.17, 15) is 17.2 Å². The Hall–Kier alpha value is -2.19. The minimum absolute atomic E-state index is 0.00250. The Morgan fingerprint density at radius 2 is 1.81 bits per heavy atom. The molecule has 5 N–H and O–H groups in total. The second-order valence-electron chi connectivity index (χ2n) is 4.38. The van der Waals surface area contributed by atoms with E-state index in [-0.39, 0.29) is 22.7 Å². The van der Waals surface area contributed by atoms with Crippen LogP contribution in [0.1, 0.15) is 5.56 Å². The largest absolute Gasteiger partial charge is 0.397 e. The van der Waals surface area contributed by atoms with E-state index in [2.05, 4.69) is 5.32 Å². The smallest absolute Gasteiger partial charge is 0.238 e. The number of rotatable bonds is 4. The van der Waals surface area contributed by atoms with Gasteiger partial charge in [-0.1, -0.05) is 0 Å². The highest BCUT2D eigenvalue weighted by molar-refractivity contribution is 7.89. The van der Waals surface area contributed by atoms with Crippen LogP contribution in [0.3, 0.4) is 0 Å². The molecule has 112 valence electrons. The number of benzene rings is 2. The highest BCUT2D eigenvalue weighted by atomic mass is 32.2. The first-order valence-corrected chi connectivity index (χ1v) is 7.42. The van der Waals surface area contributed by atoms with Gasteiger partial charge in [-0.05, 0) is 36.4 Å². The van der Waals surface area contributed by atoms with Crippen LogP contribution in [-0.4, -0.2) is 8.42 Å². The number of anilines is 2. The summed E-state index contributed by atoms with van der Waals surface area (Å²) in [7, 11) is -3.84. The molecule has 2 rings (SSSR count). The van der Waals surface area contributed by atoms with Crippen molar-refractivity contribution in [2.45, 2.75) is 11.4 Å². The van der Waals surface area contributed by atoms with Crippen molar-refractivity contribution in [1.82, 2.24) is 0 Å². The van der Waals surface area contributed by atoms with Gasteiger partial charge in [-0.15, -0.1) is 0 Å². The molecule has 0 heterocycles. The molecule has 21 heavy (non-hydrogen) atoms. The van der Waals surface area contributed by atoms with Crippen molar-refractivity contribution >= 4 is 21.4 Å². The predicted molar refractivity (Wildman–Crippen MR) is 75.9 cm³/mol. The van der Waals surface area contributed by atoms with E-state index in [1.807, 2.05) is 0 Å². The van der Waals surface area contributed by atoms with Gasteiger partial charge in [0, 0.05) is 12.1 Å². The lowest BCUT2D eigenvalue weighted by Crippen LogP contribution is -2.13. The van der Waals surface area contributed by atoms with Gasteiger partial charge < -0.3 is 11.1 Å². The molecule has 2 aromatic carbocycles. The van der Waals surface area contributed by atoms with Gasteiger partial charge >= 0.3 is 0 Å². The van der Waals surface area contributed by atoms with Gasteiger partial charge in [-0.2, -0.15) is 0 Å². The van der Waals surface area contributed by atoms with E-state index in [4.69, 9.17) is 10.9 Å². The Morgan fingerprint density at radius 1 is 1.10 bits per heavy atom. The monoisotopic (exact) mass is 313 g/mol. The molecular weight excluding hydrogens is 300 g/mol. The van der Waals surface area contributed by atoms with Gasteiger partial charge in [0.2, 0.25) is 10.0 Å². The summed E-state index contributed by atoms with van der Waals surface area (Å²) in [6, 6.07) is 6.99. The Balaban J connectivity index is 2.19. The second-order valence-corrected chi connectivity index (χ2v) is 5.94. The first kappa shape index (κ1) is 15.2. The molecule has 0 amide bonds. The lowest BCUT2D eigenvalue weighted by Gasteiger charge is -2.11. The van der Waals surface area contributed by atoms with Gasteiger partial charge in [0.05, 0.1) is 16.3 Å². The van der Waals surface area contributed by atoms with Gasteiger partial charge in [-0.3, -0.25) is 0 Å². The number of nitrogen functional groups attached to an aromatic ring is 1. The Bertz CT molecular complexity index is 779. The highest BCUT2D eigenvalue weighted by Crippen LogP contribution is 2.23. The quantitative estimate of drug-likeness (QED) is 0.750. The van der Waals surface area contributed by atoms with Crippen molar-refractivity contribution < 1.29 is 17.2 Å². The van der Waals surface area contributed by atoms with E-state index in [0.717, 1.165) is 18.2 Å². The van der Waals surface area contributed by atoms with Gasteiger partial charge in [0.1, 0.15) is 11.6 Å². The molecule has 5 nitrogen and oxygen atoms in total. The van der Waals surface area contributed by atoms with E-state index >= 15 is 0 Å². The van der Waals surface area contributed by atoms with Gasteiger partial charge in [-0.25, -0.2) is 22.3 Å². The standard InChI is InChI=1S/C13H13F2N3O2S/c14-9-1-3-11(15)8(5-9)7-18-13-4-2-10(6-12(13)16)21(17,19)20/h1-6,18H,7,16H2,(H2,17,19,20). The fraction of sp³-hybridized carbons (Fsp3) is 0.0769. The maximum atomic E-state index is 13.5. The number of hydrogen-bond donors (Lipinski definition) is 3. The summed E-state index contributed by atoms with van der Waals surface area (Å²) < 4.78 is 48.8. The number of primary sulfonamides is 1. The zero-order valence-electron chi connectivity index (χ0n) is 10.8. The first-order valence-electron chi connectivity index (χ1n) is 5.87. The van der Waals surface area contributed by atoms with Crippen LogP contribution in [0.2, 0.25) is 0 Å². The molecule has 0 aliphatic carbocycles. The highest BCUT2D eigenvalue weighted by Gasteiger charge is 2.10. The Kier molecular flexibility index (Phi) is 4.10. The van der Waals surface area contributed by atoms with Crippen LogP contribution in [0.25, 0.3) is 0 Å². The Morgan fingerprint density at radius 3 is 2.43 bits per heavy atom.